The molecular weight excluding hydrogens is 390 g/mol. The van der Waals surface area contributed by atoms with Crippen molar-refractivity contribution in [3.8, 4) is 0 Å². The topological polar surface area (TPSA) is 70.8 Å². The first-order valence-corrected chi connectivity index (χ1v) is 11.2. The van der Waals surface area contributed by atoms with Crippen LogP contribution in [0.15, 0.2) is 54.7 Å². The van der Waals surface area contributed by atoms with E-state index < -0.39 is 6.04 Å². The van der Waals surface area contributed by atoms with Crippen molar-refractivity contribution in [2.24, 2.45) is 0 Å². The normalized spacial score (nSPS) is 19.0. The predicted molar refractivity (Wildman–Crippen MR) is 116 cm³/mol. The molecule has 0 N–H and O–H groups in total. The van der Waals surface area contributed by atoms with E-state index in [1.54, 1.807) is 4.90 Å². The molecule has 2 saturated heterocycles. The molecule has 160 valence electrons. The number of benzene rings is 1. The van der Waals surface area contributed by atoms with Gasteiger partial charge in [-0.1, -0.05) is 36.4 Å². The first kappa shape index (κ1) is 19.7. The maximum absolute atomic E-state index is 13.6. The molecule has 0 radical (unpaired) electrons. The molecule has 4 heterocycles. The van der Waals surface area contributed by atoms with Gasteiger partial charge in [0.15, 0.2) is 5.65 Å². The van der Waals surface area contributed by atoms with Crippen molar-refractivity contribution in [3.63, 3.8) is 0 Å². The second kappa shape index (κ2) is 8.49. The zero-order valence-corrected chi connectivity index (χ0v) is 17.6. The highest BCUT2D eigenvalue weighted by Crippen LogP contribution is 2.32. The molecule has 7 heteroatoms. The van der Waals surface area contributed by atoms with Crippen molar-refractivity contribution in [1.29, 1.82) is 0 Å². The molecule has 0 spiro atoms. The lowest BCUT2D eigenvalue weighted by Crippen LogP contribution is -2.49. The van der Waals surface area contributed by atoms with Crippen LogP contribution in [0.25, 0.3) is 5.65 Å². The highest BCUT2D eigenvalue weighted by atomic mass is 16.2. The Labute approximate surface area is 181 Å². The minimum absolute atomic E-state index is 0.0333. The zero-order valence-electron chi connectivity index (χ0n) is 17.6. The molecule has 0 saturated carbocycles. The predicted octanol–water partition coefficient (Wildman–Crippen LogP) is 3.19. The van der Waals surface area contributed by atoms with Crippen LogP contribution < -0.4 is 0 Å². The molecule has 1 unspecified atom stereocenters. The van der Waals surface area contributed by atoms with E-state index in [0.29, 0.717) is 26.1 Å². The van der Waals surface area contributed by atoms with Gasteiger partial charge in [-0.05, 0) is 43.4 Å². The number of likely N-dealkylation sites (tertiary alicyclic amines) is 2. The van der Waals surface area contributed by atoms with Crippen LogP contribution in [-0.2, 0) is 9.59 Å². The lowest BCUT2D eigenvalue weighted by atomic mass is 9.94. The summed E-state index contributed by atoms with van der Waals surface area (Å²) >= 11 is 0. The summed E-state index contributed by atoms with van der Waals surface area (Å²) in [5.41, 5.74) is 1.75. The van der Waals surface area contributed by atoms with E-state index in [0.717, 1.165) is 42.7 Å². The smallest absolute Gasteiger partial charge is 0.250 e. The van der Waals surface area contributed by atoms with Crippen LogP contribution in [-0.4, -0.2) is 55.8 Å². The minimum Gasteiger partial charge on any atom is -0.341 e. The summed E-state index contributed by atoms with van der Waals surface area (Å²) in [7, 11) is 0. The molecule has 3 aromatic rings. The summed E-state index contributed by atoms with van der Waals surface area (Å²) in [5.74, 6) is 1.35. The molecular formula is C24H27N5O2. The SMILES string of the molecule is O=C(C(c1ccccc1)N1CCCCC1=O)N1CCC(c2nnc3ccccn23)CC1. The number of carbonyl (C=O) groups is 2. The van der Waals surface area contributed by atoms with Crippen LogP contribution in [0.2, 0.25) is 0 Å². The number of nitrogens with zero attached hydrogens (tertiary/aromatic N) is 5. The minimum atomic E-state index is -0.528. The van der Waals surface area contributed by atoms with Crippen molar-refractivity contribution in [1.82, 2.24) is 24.4 Å². The Morgan fingerprint density at radius 3 is 2.48 bits per heavy atom. The highest BCUT2D eigenvalue weighted by Gasteiger charge is 2.37. The van der Waals surface area contributed by atoms with Crippen molar-refractivity contribution >= 4 is 17.5 Å². The van der Waals surface area contributed by atoms with Crippen LogP contribution in [0.1, 0.15) is 55.5 Å². The Morgan fingerprint density at radius 2 is 1.71 bits per heavy atom. The number of piperidine rings is 2. The number of hydrogen-bond acceptors (Lipinski definition) is 4. The fourth-order valence-corrected chi connectivity index (χ4v) is 4.86. The van der Waals surface area contributed by atoms with E-state index in [4.69, 9.17) is 0 Å². The van der Waals surface area contributed by atoms with Gasteiger partial charge in [0.2, 0.25) is 11.8 Å². The Hall–Kier alpha value is -3.22. The van der Waals surface area contributed by atoms with E-state index in [-0.39, 0.29) is 17.7 Å². The maximum Gasteiger partial charge on any atom is 0.250 e. The molecule has 5 rings (SSSR count). The summed E-state index contributed by atoms with van der Waals surface area (Å²) in [4.78, 5) is 30.0. The molecule has 1 atom stereocenters. The van der Waals surface area contributed by atoms with E-state index >= 15 is 0 Å². The highest BCUT2D eigenvalue weighted by molar-refractivity contribution is 5.89. The van der Waals surface area contributed by atoms with Gasteiger partial charge < -0.3 is 9.80 Å². The first-order chi connectivity index (χ1) is 15.2. The number of pyridine rings is 1. The quantitative estimate of drug-likeness (QED) is 0.654. The summed E-state index contributed by atoms with van der Waals surface area (Å²) in [6, 6.07) is 15.1. The Bertz CT molecular complexity index is 1070. The van der Waals surface area contributed by atoms with Gasteiger partial charge in [-0.3, -0.25) is 14.0 Å². The monoisotopic (exact) mass is 417 g/mol. The van der Waals surface area contributed by atoms with Crippen molar-refractivity contribution in [2.45, 2.75) is 44.1 Å². The van der Waals surface area contributed by atoms with Crippen LogP contribution in [0.3, 0.4) is 0 Å². The number of carbonyl (C=O) groups excluding carboxylic acids is 2. The summed E-state index contributed by atoms with van der Waals surface area (Å²) in [6.07, 6.45) is 6.06. The van der Waals surface area contributed by atoms with Gasteiger partial charge in [0, 0.05) is 38.2 Å². The van der Waals surface area contributed by atoms with Crippen molar-refractivity contribution in [3.05, 3.63) is 66.1 Å². The largest absolute Gasteiger partial charge is 0.341 e. The fourth-order valence-electron chi connectivity index (χ4n) is 4.86. The van der Waals surface area contributed by atoms with Gasteiger partial charge in [0.05, 0.1) is 0 Å². The second-order valence-corrected chi connectivity index (χ2v) is 8.44. The van der Waals surface area contributed by atoms with Gasteiger partial charge in [-0.2, -0.15) is 0 Å². The fraction of sp³-hybridized carbons (Fsp3) is 0.417. The molecule has 2 fully saturated rings. The second-order valence-electron chi connectivity index (χ2n) is 8.44. The van der Waals surface area contributed by atoms with Crippen molar-refractivity contribution in [2.75, 3.05) is 19.6 Å². The van der Waals surface area contributed by atoms with E-state index in [1.807, 2.05) is 64.0 Å². The molecule has 7 nitrogen and oxygen atoms in total. The van der Waals surface area contributed by atoms with Gasteiger partial charge in [-0.25, -0.2) is 0 Å². The van der Waals surface area contributed by atoms with Gasteiger partial charge in [-0.15, -0.1) is 10.2 Å². The van der Waals surface area contributed by atoms with Crippen molar-refractivity contribution < 1.29 is 9.59 Å². The molecule has 31 heavy (non-hydrogen) atoms. The maximum atomic E-state index is 13.6. The Balaban J connectivity index is 1.34. The van der Waals surface area contributed by atoms with Gasteiger partial charge in [0.25, 0.3) is 0 Å². The molecule has 2 aliphatic rings. The first-order valence-electron chi connectivity index (χ1n) is 11.2. The lowest BCUT2D eigenvalue weighted by molar-refractivity contribution is -0.148. The van der Waals surface area contributed by atoms with Crippen LogP contribution in [0.4, 0.5) is 0 Å². The summed E-state index contributed by atoms with van der Waals surface area (Å²) in [6.45, 7) is 1.97. The number of fused-ring (bicyclic) bond motifs is 1. The lowest BCUT2D eigenvalue weighted by Gasteiger charge is -2.39. The van der Waals surface area contributed by atoms with Crippen LogP contribution in [0.5, 0.6) is 0 Å². The Kier molecular flexibility index (Phi) is 5.40. The Morgan fingerprint density at radius 1 is 0.935 bits per heavy atom. The van der Waals surface area contributed by atoms with Gasteiger partial charge in [0.1, 0.15) is 11.9 Å². The van der Waals surface area contributed by atoms with Crippen LogP contribution >= 0.6 is 0 Å². The van der Waals surface area contributed by atoms with Crippen LogP contribution in [0, 0.1) is 0 Å². The summed E-state index contributed by atoms with van der Waals surface area (Å²) < 4.78 is 2.04. The average molecular weight is 418 g/mol. The summed E-state index contributed by atoms with van der Waals surface area (Å²) in [5, 5.41) is 8.69. The number of aromatic nitrogens is 3. The molecule has 0 aliphatic carbocycles. The zero-order chi connectivity index (χ0) is 21.2. The number of rotatable bonds is 4. The van der Waals surface area contributed by atoms with E-state index in [1.165, 1.54) is 0 Å². The number of hydrogen-bond donors (Lipinski definition) is 0. The molecule has 1 aromatic carbocycles. The third-order valence-electron chi connectivity index (χ3n) is 6.53. The average Bonchev–Trinajstić information content (AvgIpc) is 3.25. The van der Waals surface area contributed by atoms with Gasteiger partial charge >= 0.3 is 0 Å². The molecule has 2 aliphatic heterocycles. The van der Waals surface area contributed by atoms with E-state index in [2.05, 4.69) is 10.2 Å². The molecule has 2 amide bonds. The molecule has 2 aromatic heterocycles. The van der Waals surface area contributed by atoms with E-state index in [9.17, 15) is 9.59 Å². The molecule has 0 bridgehead atoms. The third kappa shape index (κ3) is 3.80. The standard InChI is InChI=1S/C24H27N5O2/c30-21-11-5-7-15-29(21)22(18-8-2-1-3-9-18)24(31)27-16-12-19(13-17-27)23-26-25-20-10-4-6-14-28(20)23/h1-4,6,8-10,14,19,22H,5,7,11-13,15-17H2. The number of amides is 2. The third-order valence-corrected chi connectivity index (χ3v) is 6.53.